The molecular formula is C23H19F2N3O4. The number of ether oxygens (including phenoxy) is 2. The van der Waals surface area contributed by atoms with Gasteiger partial charge in [0.05, 0.1) is 29.4 Å². The number of fused-ring (bicyclic) bond motifs is 1. The molecule has 164 valence electrons. The molecule has 0 aliphatic carbocycles. The molecule has 9 heteroatoms. The van der Waals surface area contributed by atoms with Gasteiger partial charge in [-0.25, -0.2) is 4.98 Å². The predicted molar refractivity (Wildman–Crippen MR) is 114 cm³/mol. The van der Waals surface area contributed by atoms with Gasteiger partial charge in [0.25, 0.3) is 11.6 Å². The van der Waals surface area contributed by atoms with Crippen molar-refractivity contribution in [3.63, 3.8) is 0 Å². The molecule has 0 saturated heterocycles. The van der Waals surface area contributed by atoms with E-state index >= 15 is 0 Å². The molecule has 0 fully saturated rings. The quantitative estimate of drug-likeness (QED) is 0.435. The number of aryl methyl sites for hydroxylation is 2. The summed E-state index contributed by atoms with van der Waals surface area (Å²) in [6.07, 6.45) is 0. The zero-order valence-corrected chi connectivity index (χ0v) is 17.5. The lowest BCUT2D eigenvalue weighted by Gasteiger charge is -2.12. The molecular weight excluding hydrogens is 420 g/mol. The first-order chi connectivity index (χ1) is 15.4. The largest absolute Gasteiger partial charge is 0.497 e. The number of nitrogens with zero attached hydrogens (tertiary/aromatic N) is 2. The lowest BCUT2D eigenvalue weighted by Crippen LogP contribution is -2.14. The third-order valence-corrected chi connectivity index (χ3v) is 4.90. The van der Waals surface area contributed by atoms with Crippen LogP contribution in [0.2, 0.25) is 0 Å². The minimum Gasteiger partial charge on any atom is -0.497 e. The van der Waals surface area contributed by atoms with Crippen LogP contribution in [0, 0.1) is 13.8 Å². The van der Waals surface area contributed by atoms with Crippen molar-refractivity contribution in [3.8, 4) is 22.8 Å². The number of alkyl halides is 2. The summed E-state index contributed by atoms with van der Waals surface area (Å²) >= 11 is 0. The molecule has 2 aromatic heterocycles. The van der Waals surface area contributed by atoms with Gasteiger partial charge >= 0.3 is 6.61 Å². The fourth-order valence-electron chi connectivity index (χ4n) is 3.35. The highest BCUT2D eigenvalue weighted by atomic mass is 19.3. The number of hydrogen-bond acceptors (Lipinski definition) is 6. The third kappa shape index (κ3) is 4.22. The number of hydrogen-bond donors (Lipinski definition) is 1. The maximum absolute atomic E-state index is 13.2. The molecule has 0 saturated carbocycles. The molecule has 1 N–H and O–H groups in total. The molecule has 7 nitrogen and oxygen atoms in total. The smallest absolute Gasteiger partial charge is 0.387 e. The maximum atomic E-state index is 13.2. The monoisotopic (exact) mass is 439 g/mol. The highest BCUT2D eigenvalue weighted by Crippen LogP contribution is 2.30. The molecule has 4 aromatic rings. The van der Waals surface area contributed by atoms with Crippen molar-refractivity contribution in [2.75, 3.05) is 12.4 Å². The average molecular weight is 439 g/mol. The summed E-state index contributed by atoms with van der Waals surface area (Å²) in [5.74, 6) is 0.265. The fraction of sp³-hybridized carbons (Fsp3) is 0.174. The molecule has 1 amide bonds. The van der Waals surface area contributed by atoms with E-state index in [1.807, 2.05) is 13.0 Å². The maximum Gasteiger partial charge on any atom is 0.387 e. The molecule has 4 rings (SSSR count). The SMILES string of the molecule is COc1ccc(NC(=O)c2cc(-c3cccc(OC(F)F)c3)nc3onc(C)c23)c(C)c1. The van der Waals surface area contributed by atoms with Gasteiger partial charge in [-0.15, -0.1) is 0 Å². The minimum absolute atomic E-state index is 0.0204. The van der Waals surface area contributed by atoms with Crippen molar-refractivity contribution in [2.24, 2.45) is 0 Å². The molecule has 32 heavy (non-hydrogen) atoms. The molecule has 0 radical (unpaired) electrons. The van der Waals surface area contributed by atoms with Gasteiger partial charge in [0.15, 0.2) is 0 Å². The highest BCUT2D eigenvalue weighted by Gasteiger charge is 2.20. The predicted octanol–water partition coefficient (Wildman–Crippen LogP) is 5.37. The molecule has 0 atom stereocenters. The van der Waals surface area contributed by atoms with Crippen molar-refractivity contribution in [1.29, 1.82) is 0 Å². The summed E-state index contributed by atoms with van der Waals surface area (Å²) < 4.78 is 40.2. The summed E-state index contributed by atoms with van der Waals surface area (Å²) in [4.78, 5) is 17.6. The van der Waals surface area contributed by atoms with E-state index in [0.717, 1.165) is 5.56 Å². The Kier molecular flexibility index (Phi) is 5.72. The number of carbonyl (C=O) groups excluding carboxylic acids is 1. The van der Waals surface area contributed by atoms with Crippen LogP contribution in [0.3, 0.4) is 0 Å². The lowest BCUT2D eigenvalue weighted by molar-refractivity contribution is -0.0498. The third-order valence-electron chi connectivity index (χ3n) is 4.90. The zero-order valence-electron chi connectivity index (χ0n) is 17.5. The Morgan fingerprint density at radius 1 is 1.09 bits per heavy atom. The van der Waals surface area contributed by atoms with Gasteiger partial charge in [0.2, 0.25) is 0 Å². The van der Waals surface area contributed by atoms with E-state index in [9.17, 15) is 13.6 Å². The molecule has 0 bridgehead atoms. The number of pyridine rings is 1. The van der Waals surface area contributed by atoms with Crippen LogP contribution in [-0.4, -0.2) is 29.8 Å². The molecule has 0 spiro atoms. The summed E-state index contributed by atoms with van der Waals surface area (Å²) in [7, 11) is 1.57. The Hall–Kier alpha value is -4.01. The van der Waals surface area contributed by atoms with Gasteiger partial charge in [-0.1, -0.05) is 17.3 Å². The number of carbonyl (C=O) groups is 1. The van der Waals surface area contributed by atoms with Crippen molar-refractivity contribution >= 4 is 22.7 Å². The average Bonchev–Trinajstić information content (AvgIpc) is 3.15. The second kappa shape index (κ2) is 8.62. The van der Waals surface area contributed by atoms with Crippen LogP contribution < -0.4 is 14.8 Å². The Morgan fingerprint density at radius 2 is 1.91 bits per heavy atom. The standard InChI is InChI=1S/C23H19F2N3O4/c1-12-9-15(30-3)7-8-18(12)26-21(29)17-11-19(27-22-20(17)13(2)28-32-22)14-5-4-6-16(10-14)31-23(24)25/h4-11,23H,1-3H3,(H,26,29). The Morgan fingerprint density at radius 3 is 2.62 bits per heavy atom. The van der Waals surface area contributed by atoms with Gasteiger partial charge in [0.1, 0.15) is 11.5 Å². The van der Waals surface area contributed by atoms with Gasteiger partial charge < -0.3 is 19.3 Å². The van der Waals surface area contributed by atoms with E-state index in [2.05, 4.69) is 20.2 Å². The summed E-state index contributed by atoms with van der Waals surface area (Å²) in [5, 5.41) is 7.28. The zero-order chi connectivity index (χ0) is 22.8. The lowest BCUT2D eigenvalue weighted by atomic mass is 10.0. The molecule has 2 aromatic carbocycles. The van der Waals surface area contributed by atoms with E-state index < -0.39 is 12.5 Å². The van der Waals surface area contributed by atoms with Gasteiger partial charge in [-0.2, -0.15) is 8.78 Å². The van der Waals surface area contributed by atoms with Crippen LogP contribution in [0.15, 0.2) is 53.1 Å². The summed E-state index contributed by atoms with van der Waals surface area (Å²) in [6.45, 7) is 0.608. The highest BCUT2D eigenvalue weighted by molar-refractivity contribution is 6.13. The van der Waals surface area contributed by atoms with Crippen molar-refractivity contribution < 1.29 is 27.6 Å². The van der Waals surface area contributed by atoms with Crippen molar-refractivity contribution in [3.05, 3.63) is 65.4 Å². The topological polar surface area (TPSA) is 86.5 Å². The number of amides is 1. The minimum atomic E-state index is -2.95. The first-order valence-electron chi connectivity index (χ1n) is 9.64. The number of halogens is 2. The summed E-state index contributed by atoms with van der Waals surface area (Å²) in [5.41, 5.74) is 3.23. The van der Waals surface area contributed by atoms with Crippen LogP contribution >= 0.6 is 0 Å². The van der Waals surface area contributed by atoms with Crippen LogP contribution in [0.25, 0.3) is 22.4 Å². The number of aromatic nitrogens is 2. The van der Waals surface area contributed by atoms with Crippen LogP contribution in [0.5, 0.6) is 11.5 Å². The van der Waals surface area contributed by atoms with E-state index in [-0.39, 0.29) is 11.5 Å². The van der Waals surface area contributed by atoms with Gasteiger partial charge in [-0.3, -0.25) is 4.79 Å². The van der Waals surface area contributed by atoms with Crippen LogP contribution in [-0.2, 0) is 0 Å². The van der Waals surface area contributed by atoms with Crippen LogP contribution in [0.4, 0.5) is 14.5 Å². The first-order valence-corrected chi connectivity index (χ1v) is 9.64. The van der Waals surface area contributed by atoms with Crippen LogP contribution in [0.1, 0.15) is 21.6 Å². The van der Waals surface area contributed by atoms with E-state index in [1.54, 1.807) is 44.4 Å². The normalized spacial score (nSPS) is 11.1. The van der Waals surface area contributed by atoms with E-state index in [1.165, 1.54) is 12.1 Å². The summed E-state index contributed by atoms with van der Waals surface area (Å²) in [6, 6.07) is 12.9. The fourth-order valence-corrected chi connectivity index (χ4v) is 3.35. The number of anilines is 1. The molecule has 0 aliphatic heterocycles. The Labute approximate surface area is 182 Å². The van der Waals surface area contributed by atoms with Crippen molar-refractivity contribution in [1.82, 2.24) is 10.1 Å². The number of benzene rings is 2. The first kappa shape index (κ1) is 21.2. The van der Waals surface area contributed by atoms with E-state index in [4.69, 9.17) is 9.26 Å². The van der Waals surface area contributed by atoms with E-state index in [0.29, 0.717) is 39.3 Å². The number of methoxy groups -OCH3 is 1. The second-order valence-corrected chi connectivity index (χ2v) is 7.04. The molecule has 0 aliphatic rings. The molecule has 0 unspecified atom stereocenters. The number of rotatable bonds is 6. The van der Waals surface area contributed by atoms with Gasteiger partial charge in [0, 0.05) is 11.3 Å². The number of nitrogens with one attached hydrogen (secondary N) is 1. The Balaban J connectivity index is 1.76. The van der Waals surface area contributed by atoms with Crippen molar-refractivity contribution in [2.45, 2.75) is 20.5 Å². The molecule has 2 heterocycles. The van der Waals surface area contributed by atoms with Gasteiger partial charge in [-0.05, 0) is 55.8 Å². The Bertz CT molecular complexity index is 1300. The second-order valence-electron chi connectivity index (χ2n) is 7.04.